The third-order valence-corrected chi connectivity index (χ3v) is 4.91. The van der Waals surface area contributed by atoms with Crippen molar-refractivity contribution >= 4 is 5.97 Å². The zero-order valence-electron chi connectivity index (χ0n) is 15.3. The molecule has 1 aliphatic carbocycles. The number of carbonyl (C=O) groups is 1. The fraction of sp³-hybridized carbons (Fsp3) is 0.750. The van der Waals surface area contributed by atoms with Crippen molar-refractivity contribution in [2.75, 3.05) is 0 Å². The van der Waals surface area contributed by atoms with Gasteiger partial charge in [0.1, 0.15) is 0 Å². The van der Waals surface area contributed by atoms with Gasteiger partial charge in [0, 0.05) is 18.8 Å². The molecule has 0 aromatic heterocycles. The fourth-order valence-electron chi connectivity index (χ4n) is 3.41. The highest BCUT2D eigenvalue weighted by Gasteiger charge is 2.39. The van der Waals surface area contributed by atoms with Crippen LogP contribution in [0.5, 0.6) is 0 Å². The molecule has 5 atom stereocenters. The molecule has 0 amide bonds. The molecule has 5 nitrogen and oxygen atoms in total. The summed E-state index contributed by atoms with van der Waals surface area (Å²) < 4.78 is 0. The standard InChI is InChI=1S/C20H34O5/c1-2-3-6-9-15(21)12-13-17-16(18(22)14-19(17)23)10-7-4-5-8-11-20(24)25/h4,7,12-13,15-19,21-23H,2-3,5-6,8-11,14H2,1H3,(H,24,25)/b7-4-,13-12+/t15-,16+,17+,18-,19-/m0/s1. The van der Waals surface area contributed by atoms with E-state index < -0.39 is 24.3 Å². The summed E-state index contributed by atoms with van der Waals surface area (Å²) in [6.07, 6.45) is 12.3. The molecule has 4 N–H and O–H groups in total. The normalized spacial score (nSPS) is 28.2. The van der Waals surface area contributed by atoms with Gasteiger partial charge in [0.15, 0.2) is 0 Å². The first-order valence-electron chi connectivity index (χ1n) is 9.55. The highest BCUT2D eigenvalue weighted by atomic mass is 16.4. The smallest absolute Gasteiger partial charge is 0.303 e. The van der Waals surface area contributed by atoms with Gasteiger partial charge < -0.3 is 20.4 Å². The molecule has 0 heterocycles. The number of carboxylic acid groups (broad SMARTS) is 1. The van der Waals surface area contributed by atoms with E-state index in [0.29, 0.717) is 25.7 Å². The maximum atomic E-state index is 10.5. The number of rotatable bonds is 12. The topological polar surface area (TPSA) is 98.0 Å². The van der Waals surface area contributed by atoms with Crippen molar-refractivity contribution in [1.82, 2.24) is 0 Å². The van der Waals surface area contributed by atoms with Crippen LogP contribution in [0.15, 0.2) is 24.3 Å². The zero-order chi connectivity index (χ0) is 18.7. The lowest BCUT2D eigenvalue weighted by Gasteiger charge is -2.19. The molecular formula is C20H34O5. The molecule has 0 unspecified atom stereocenters. The van der Waals surface area contributed by atoms with Gasteiger partial charge in [-0.25, -0.2) is 0 Å². The third kappa shape index (κ3) is 8.66. The van der Waals surface area contributed by atoms with E-state index in [9.17, 15) is 20.1 Å². The van der Waals surface area contributed by atoms with Crippen molar-refractivity contribution in [3.63, 3.8) is 0 Å². The summed E-state index contributed by atoms with van der Waals surface area (Å²) in [4.78, 5) is 10.5. The van der Waals surface area contributed by atoms with Gasteiger partial charge in [-0.3, -0.25) is 4.79 Å². The number of hydrogen-bond acceptors (Lipinski definition) is 4. The molecule has 1 aliphatic rings. The van der Waals surface area contributed by atoms with Crippen LogP contribution >= 0.6 is 0 Å². The van der Waals surface area contributed by atoms with Crippen molar-refractivity contribution in [2.45, 2.75) is 83.0 Å². The molecular weight excluding hydrogens is 320 g/mol. The molecule has 0 radical (unpaired) electrons. The molecule has 25 heavy (non-hydrogen) atoms. The summed E-state index contributed by atoms with van der Waals surface area (Å²) in [5.41, 5.74) is 0. The first kappa shape index (κ1) is 21.9. The Kier molecular flexibility index (Phi) is 10.7. The number of hydrogen-bond donors (Lipinski definition) is 4. The van der Waals surface area contributed by atoms with Crippen LogP contribution in [0.2, 0.25) is 0 Å². The Morgan fingerprint density at radius 1 is 1.16 bits per heavy atom. The minimum atomic E-state index is -0.787. The summed E-state index contributed by atoms with van der Waals surface area (Å²) in [5, 5.41) is 39.0. The van der Waals surface area contributed by atoms with Crippen molar-refractivity contribution in [3.05, 3.63) is 24.3 Å². The summed E-state index contributed by atoms with van der Waals surface area (Å²) in [7, 11) is 0. The summed E-state index contributed by atoms with van der Waals surface area (Å²) in [5.74, 6) is -1.00. The molecule has 0 aliphatic heterocycles. The lowest BCUT2D eigenvalue weighted by Crippen LogP contribution is -2.20. The molecule has 5 heteroatoms. The minimum absolute atomic E-state index is 0.0650. The Morgan fingerprint density at radius 3 is 2.60 bits per heavy atom. The number of aliphatic carboxylic acids is 1. The second-order valence-corrected chi connectivity index (χ2v) is 7.05. The number of carboxylic acids is 1. The number of aliphatic hydroxyl groups excluding tert-OH is 3. The Morgan fingerprint density at radius 2 is 1.92 bits per heavy atom. The zero-order valence-corrected chi connectivity index (χ0v) is 15.3. The lowest BCUT2D eigenvalue weighted by molar-refractivity contribution is -0.137. The van der Waals surface area contributed by atoms with Crippen LogP contribution in [0.25, 0.3) is 0 Å². The Balaban J connectivity index is 2.46. The summed E-state index contributed by atoms with van der Waals surface area (Å²) in [6.45, 7) is 2.12. The monoisotopic (exact) mass is 354 g/mol. The SMILES string of the molecule is CCCCC[C@H](O)/C=C/[C@@H]1[C@@H](C/C=C\CCCC(=O)O)[C@@H](O)C[C@@H]1O. The number of allylic oxidation sites excluding steroid dienone is 2. The van der Waals surface area contributed by atoms with Crippen LogP contribution in [0.3, 0.4) is 0 Å². The van der Waals surface area contributed by atoms with Crippen LogP contribution in [0, 0.1) is 11.8 Å². The molecule has 0 aromatic carbocycles. The molecule has 1 saturated carbocycles. The van der Waals surface area contributed by atoms with E-state index in [1.54, 1.807) is 6.08 Å². The Hall–Kier alpha value is -1.17. The summed E-state index contributed by atoms with van der Waals surface area (Å²) in [6, 6.07) is 0. The molecule has 0 spiro atoms. The Bertz CT molecular complexity index is 432. The molecule has 1 fully saturated rings. The van der Waals surface area contributed by atoms with Crippen molar-refractivity contribution < 1.29 is 25.2 Å². The average Bonchev–Trinajstić information content (AvgIpc) is 2.82. The number of aliphatic hydroxyl groups is 3. The molecule has 1 rings (SSSR count). The van der Waals surface area contributed by atoms with Crippen LogP contribution in [0.1, 0.15) is 64.7 Å². The van der Waals surface area contributed by atoms with Gasteiger partial charge in [-0.2, -0.15) is 0 Å². The molecule has 0 aromatic rings. The van der Waals surface area contributed by atoms with Crippen LogP contribution in [-0.2, 0) is 4.79 Å². The van der Waals surface area contributed by atoms with Gasteiger partial charge in [-0.05, 0) is 31.6 Å². The lowest BCUT2D eigenvalue weighted by atomic mass is 9.89. The van der Waals surface area contributed by atoms with E-state index in [0.717, 1.165) is 25.7 Å². The predicted octanol–water partition coefficient (Wildman–Crippen LogP) is 3.04. The largest absolute Gasteiger partial charge is 0.481 e. The second kappa shape index (κ2) is 12.2. The van der Waals surface area contributed by atoms with E-state index in [1.165, 1.54) is 0 Å². The quantitative estimate of drug-likeness (QED) is 0.319. The highest BCUT2D eigenvalue weighted by Crippen LogP contribution is 2.36. The van der Waals surface area contributed by atoms with Gasteiger partial charge in [-0.15, -0.1) is 0 Å². The van der Waals surface area contributed by atoms with E-state index in [4.69, 9.17) is 5.11 Å². The maximum absolute atomic E-state index is 10.5. The van der Waals surface area contributed by atoms with E-state index in [-0.39, 0.29) is 18.3 Å². The predicted molar refractivity (Wildman–Crippen MR) is 98.1 cm³/mol. The van der Waals surface area contributed by atoms with E-state index in [1.807, 2.05) is 18.2 Å². The van der Waals surface area contributed by atoms with Gasteiger partial charge >= 0.3 is 5.97 Å². The van der Waals surface area contributed by atoms with Crippen molar-refractivity contribution in [1.29, 1.82) is 0 Å². The Labute approximate surface area is 151 Å². The van der Waals surface area contributed by atoms with Crippen LogP contribution in [-0.4, -0.2) is 44.7 Å². The van der Waals surface area contributed by atoms with Gasteiger partial charge in [0.25, 0.3) is 0 Å². The van der Waals surface area contributed by atoms with Gasteiger partial charge in [0.05, 0.1) is 18.3 Å². The highest BCUT2D eigenvalue weighted by molar-refractivity contribution is 5.66. The maximum Gasteiger partial charge on any atom is 0.303 e. The van der Waals surface area contributed by atoms with Gasteiger partial charge in [0.2, 0.25) is 0 Å². The van der Waals surface area contributed by atoms with E-state index >= 15 is 0 Å². The average molecular weight is 354 g/mol. The summed E-state index contributed by atoms with van der Waals surface area (Å²) >= 11 is 0. The second-order valence-electron chi connectivity index (χ2n) is 7.05. The van der Waals surface area contributed by atoms with E-state index in [2.05, 4.69) is 6.92 Å². The molecule has 0 bridgehead atoms. The third-order valence-electron chi connectivity index (χ3n) is 4.91. The van der Waals surface area contributed by atoms with Crippen LogP contribution in [0.4, 0.5) is 0 Å². The van der Waals surface area contributed by atoms with Crippen molar-refractivity contribution in [3.8, 4) is 0 Å². The molecule has 144 valence electrons. The first-order valence-corrected chi connectivity index (χ1v) is 9.55. The van der Waals surface area contributed by atoms with Gasteiger partial charge in [-0.1, -0.05) is 50.5 Å². The van der Waals surface area contributed by atoms with Crippen LogP contribution < -0.4 is 0 Å². The van der Waals surface area contributed by atoms with Crippen molar-refractivity contribution in [2.24, 2.45) is 11.8 Å². The number of unbranched alkanes of at least 4 members (excludes halogenated alkanes) is 3. The fourth-order valence-corrected chi connectivity index (χ4v) is 3.41. The minimum Gasteiger partial charge on any atom is -0.481 e. The first-order chi connectivity index (χ1) is 12.0. The molecule has 0 saturated heterocycles.